The summed E-state index contributed by atoms with van der Waals surface area (Å²) in [5, 5.41) is 3.62. The maximum Gasteiger partial charge on any atom is 0.247 e. The van der Waals surface area contributed by atoms with Gasteiger partial charge < -0.3 is 15.2 Å². The standard InChI is InChI=1S/C20H20N4O2S/c25-18(13-27-20-22-15-9-4-5-10-16(15)23-20)24-12-6-11-17(24)19(26)21-14-7-2-1-3-8-14/h1-5,7-10,17H,6,11-13H2,(H,21,26)(H,22,23)/t17-/m0/s1. The Hall–Kier alpha value is -2.80. The maximum absolute atomic E-state index is 12.7. The molecule has 27 heavy (non-hydrogen) atoms. The van der Waals surface area contributed by atoms with Gasteiger partial charge in [-0.3, -0.25) is 9.59 Å². The molecule has 1 fully saturated rings. The van der Waals surface area contributed by atoms with E-state index in [1.165, 1.54) is 11.8 Å². The van der Waals surface area contributed by atoms with Gasteiger partial charge in [0.15, 0.2) is 5.16 Å². The maximum atomic E-state index is 12.7. The average molecular weight is 380 g/mol. The van der Waals surface area contributed by atoms with E-state index in [1.807, 2.05) is 54.6 Å². The highest BCUT2D eigenvalue weighted by atomic mass is 32.2. The van der Waals surface area contributed by atoms with Gasteiger partial charge in [-0.15, -0.1) is 0 Å². The minimum Gasteiger partial charge on any atom is -0.333 e. The van der Waals surface area contributed by atoms with Crippen molar-refractivity contribution in [3.05, 3.63) is 54.6 Å². The Labute approximate surface area is 161 Å². The molecule has 2 heterocycles. The number of likely N-dealkylation sites (tertiary alicyclic amines) is 1. The number of carbonyl (C=O) groups excluding carboxylic acids is 2. The average Bonchev–Trinajstić information content (AvgIpc) is 3.33. The van der Waals surface area contributed by atoms with E-state index in [2.05, 4.69) is 15.3 Å². The number of aromatic nitrogens is 2. The van der Waals surface area contributed by atoms with E-state index in [0.717, 1.165) is 23.1 Å². The predicted molar refractivity (Wildman–Crippen MR) is 107 cm³/mol. The van der Waals surface area contributed by atoms with Crippen LogP contribution in [0.1, 0.15) is 12.8 Å². The number of amides is 2. The number of aromatic amines is 1. The summed E-state index contributed by atoms with van der Waals surface area (Å²) < 4.78 is 0. The predicted octanol–water partition coefficient (Wildman–Crippen LogP) is 3.28. The molecule has 138 valence electrons. The number of thioether (sulfide) groups is 1. The van der Waals surface area contributed by atoms with Gasteiger partial charge >= 0.3 is 0 Å². The van der Waals surface area contributed by atoms with Crippen molar-refractivity contribution in [3.63, 3.8) is 0 Å². The van der Waals surface area contributed by atoms with Crippen LogP contribution in [0.25, 0.3) is 11.0 Å². The second-order valence-corrected chi connectivity index (χ2v) is 7.41. The summed E-state index contributed by atoms with van der Waals surface area (Å²) in [5.74, 6) is 0.0986. The van der Waals surface area contributed by atoms with Crippen LogP contribution < -0.4 is 5.32 Å². The van der Waals surface area contributed by atoms with E-state index in [0.29, 0.717) is 18.1 Å². The third kappa shape index (κ3) is 3.98. The van der Waals surface area contributed by atoms with Crippen LogP contribution >= 0.6 is 11.8 Å². The van der Waals surface area contributed by atoms with E-state index in [-0.39, 0.29) is 17.6 Å². The molecule has 0 unspecified atom stereocenters. The summed E-state index contributed by atoms with van der Waals surface area (Å²) in [5.41, 5.74) is 2.58. The van der Waals surface area contributed by atoms with E-state index >= 15 is 0 Å². The number of fused-ring (bicyclic) bond motifs is 1. The molecule has 0 bridgehead atoms. The number of H-pyrrole nitrogens is 1. The lowest BCUT2D eigenvalue weighted by molar-refractivity contribution is -0.134. The number of anilines is 1. The Morgan fingerprint density at radius 3 is 2.74 bits per heavy atom. The van der Waals surface area contributed by atoms with Gasteiger partial charge in [0.2, 0.25) is 11.8 Å². The van der Waals surface area contributed by atoms with Gasteiger partial charge in [0.25, 0.3) is 0 Å². The van der Waals surface area contributed by atoms with Gasteiger partial charge in [0.05, 0.1) is 16.8 Å². The van der Waals surface area contributed by atoms with Crippen molar-refractivity contribution in [1.29, 1.82) is 0 Å². The third-order valence-electron chi connectivity index (χ3n) is 4.62. The summed E-state index contributed by atoms with van der Waals surface area (Å²) in [4.78, 5) is 34.7. The first-order valence-corrected chi connectivity index (χ1v) is 9.92. The van der Waals surface area contributed by atoms with Crippen LogP contribution in [0.15, 0.2) is 59.8 Å². The highest BCUT2D eigenvalue weighted by molar-refractivity contribution is 7.99. The smallest absolute Gasteiger partial charge is 0.247 e. The molecule has 1 aliphatic heterocycles. The summed E-state index contributed by atoms with van der Waals surface area (Å²) in [6, 6.07) is 16.7. The molecule has 0 saturated carbocycles. The van der Waals surface area contributed by atoms with Crippen LogP contribution in [0.2, 0.25) is 0 Å². The van der Waals surface area contributed by atoms with Crippen LogP contribution in [0.5, 0.6) is 0 Å². The van der Waals surface area contributed by atoms with Gasteiger partial charge in [-0.25, -0.2) is 4.98 Å². The molecule has 1 aliphatic rings. The fourth-order valence-corrected chi connectivity index (χ4v) is 4.07. The lowest BCUT2D eigenvalue weighted by atomic mass is 10.2. The van der Waals surface area contributed by atoms with Crippen LogP contribution in [-0.4, -0.2) is 45.0 Å². The molecule has 6 nitrogen and oxygen atoms in total. The van der Waals surface area contributed by atoms with Gasteiger partial charge in [-0.2, -0.15) is 0 Å². The molecule has 2 N–H and O–H groups in total. The lowest BCUT2D eigenvalue weighted by Crippen LogP contribution is -2.43. The second-order valence-electron chi connectivity index (χ2n) is 6.45. The summed E-state index contributed by atoms with van der Waals surface area (Å²) in [6.07, 6.45) is 1.54. The Bertz CT molecular complexity index is 924. The zero-order chi connectivity index (χ0) is 18.6. The molecule has 1 saturated heterocycles. The van der Waals surface area contributed by atoms with Crippen molar-refractivity contribution in [2.24, 2.45) is 0 Å². The number of carbonyl (C=O) groups is 2. The van der Waals surface area contributed by atoms with Crippen molar-refractivity contribution >= 4 is 40.3 Å². The lowest BCUT2D eigenvalue weighted by Gasteiger charge is -2.23. The minimum atomic E-state index is -0.408. The van der Waals surface area contributed by atoms with Crippen LogP contribution in [-0.2, 0) is 9.59 Å². The SMILES string of the molecule is O=C(Nc1ccccc1)[C@@H]1CCCN1C(=O)CSc1nc2ccccc2[nH]1. The van der Waals surface area contributed by atoms with Crippen LogP contribution in [0.4, 0.5) is 5.69 Å². The molecular weight excluding hydrogens is 360 g/mol. The zero-order valence-electron chi connectivity index (χ0n) is 14.7. The Morgan fingerprint density at radius 1 is 1.15 bits per heavy atom. The Kier molecular flexibility index (Phi) is 5.11. The molecule has 0 spiro atoms. The summed E-state index contributed by atoms with van der Waals surface area (Å²) >= 11 is 1.37. The molecule has 1 aromatic heterocycles. The normalized spacial score (nSPS) is 16.6. The van der Waals surface area contributed by atoms with Crippen molar-refractivity contribution in [3.8, 4) is 0 Å². The highest BCUT2D eigenvalue weighted by Gasteiger charge is 2.34. The van der Waals surface area contributed by atoms with Crippen molar-refractivity contribution in [2.75, 3.05) is 17.6 Å². The Balaban J connectivity index is 1.37. The van der Waals surface area contributed by atoms with E-state index in [4.69, 9.17) is 0 Å². The monoisotopic (exact) mass is 380 g/mol. The number of nitrogens with zero attached hydrogens (tertiary/aromatic N) is 2. The number of rotatable bonds is 5. The third-order valence-corrected chi connectivity index (χ3v) is 5.48. The first kappa shape index (κ1) is 17.6. The molecule has 0 aliphatic carbocycles. The largest absolute Gasteiger partial charge is 0.333 e. The molecule has 4 rings (SSSR count). The van der Waals surface area contributed by atoms with Gasteiger partial charge in [-0.1, -0.05) is 42.1 Å². The van der Waals surface area contributed by atoms with E-state index < -0.39 is 6.04 Å². The molecule has 2 aromatic carbocycles. The second kappa shape index (κ2) is 7.84. The van der Waals surface area contributed by atoms with Crippen LogP contribution in [0.3, 0.4) is 0 Å². The topological polar surface area (TPSA) is 78.1 Å². The molecule has 3 aromatic rings. The summed E-state index contributed by atoms with van der Waals surface area (Å²) in [6.45, 7) is 0.617. The highest BCUT2D eigenvalue weighted by Crippen LogP contribution is 2.23. The quantitative estimate of drug-likeness (QED) is 0.666. The van der Waals surface area contributed by atoms with E-state index in [9.17, 15) is 9.59 Å². The van der Waals surface area contributed by atoms with Crippen molar-refractivity contribution in [2.45, 2.75) is 24.0 Å². The number of nitrogens with one attached hydrogen (secondary N) is 2. The summed E-state index contributed by atoms with van der Waals surface area (Å²) in [7, 11) is 0. The Morgan fingerprint density at radius 2 is 1.93 bits per heavy atom. The number of hydrogen-bond acceptors (Lipinski definition) is 4. The fourth-order valence-electron chi connectivity index (χ4n) is 3.30. The molecule has 2 amide bonds. The first-order valence-electron chi connectivity index (χ1n) is 8.93. The molecule has 1 atom stereocenters. The first-order chi connectivity index (χ1) is 13.2. The molecular formula is C20H20N4O2S. The molecule has 7 heteroatoms. The van der Waals surface area contributed by atoms with Crippen LogP contribution in [0, 0.1) is 0 Å². The van der Waals surface area contributed by atoms with Gasteiger partial charge in [0, 0.05) is 12.2 Å². The minimum absolute atomic E-state index is 0.0360. The van der Waals surface area contributed by atoms with E-state index in [1.54, 1.807) is 4.90 Å². The number of imidazole rings is 1. The van der Waals surface area contributed by atoms with Crippen molar-refractivity contribution in [1.82, 2.24) is 14.9 Å². The van der Waals surface area contributed by atoms with Gasteiger partial charge in [0.1, 0.15) is 6.04 Å². The number of hydrogen-bond donors (Lipinski definition) is 2. The van der Waals surface area contributed by atoms with Gasteiger partial charge in [-0.05, 0) is 37.1 Å². The molecule has 0 radical (unpaired) electrons. The number of para-hydroxylation sites is 3. The number of benzene rings is 2. The zero-order valence-corrected chi connectivity index (χ0v) is 15.5. The van der Waals surface area contributed by atoms with Crippen molar-refractivity contribution < 1.29 is 9.59 Å². The fraction of sp³-hybridized carbons (Fsp3) is 0.250.